The van der Waals surface area contributed by atoms with Crippen molar-refractivity contribution in [2.45, 2.75) is 18.5 Å². The smallest absolute Gasteiger partial charge is 0.279 e. The maximum absolute atomic E-state index is 12.6. The number of aromatic nitrogens is 2. The number of carbonyl (C=O) groups is 1. The third kappa shape index (κ3) is 4.47. The summed E-state index contributed by atoms with van der Waals surface area (Å²) in [5.74, 6) is -0.576. The number of carbonyl (C=O) groups excluding carboxylic acids is 1. The number of benzene rings is 2. The lowest BCUT2D eigenvalue weighted by molar-refractivity contribution is 0.0947. The highest BCUT2D eigenvalue weighted by molar-refractivity contribution is 7.92. The number of halogens is 1. The normalized spacial score (nSPS) is 11.2. The van der Waals surface area contributed by atoms with Gasteiger partial charge in [-0.1, -0.05) is 47.5 Å². The summed E-state index contributed by atoms with van der Waals surface area (Å²) in [6, 6.07) is 13.9. The van der Waals surface area contributed by atoms with Crippen molar-refractivity contribution in [2.24, 2.45) is 0 Å². The van der Waals surface area contributed by atoms with E-state index in [1.54, 1.807) is 48.5 Å². The van der Waals surface area contributed by atoms with Crippen LogP contribution in [0.15, 0.2) is 59.8 Å². The van der Waals surface area contributed by atoms with Crippen LogP contribution in [0.3, 0.4) is 0 Å². The van der Waals surface area contributed by atoms with Crippen LogP contribution >= 0.6 is 11.6 Å². The van der Waals surface area contributed by atoms with Gasteiger partial charge in [0.2, 0.25) is 0 Å². The van der Waals surface area contributed by atoms with E-state index >= 15 is 0 Å². The molecule has 0 saturated heterocycles. The summed E-state index contributed by atoms with van der Waals surface area (Å²) in [4.78, 5) is 12.4. The Balaban J connectivity index is 1.77. The first-order chi connectivity index (χ1) is 12.9. The molecule has 0 fully saturated rings. The molecule has 0 unspecified atom stereocenters. The lowest BCUT2D eigenvalue weighted by Gasteiger charge is -2.09. The molecule has 0 aliphatic carbocycles. The molecule has 1 heterocycles. The van der Waals surface area contributed by atoms with Gasteiger partial charge >= 0.3 is 0 Å². The molecule has 0 aliphatic heterocycles. The molecule has 1 aromatic heterocycles. The lowest BCUT2D eigenvalue weighted by atomic mass is 10.2. The predicted molar refractivity (Wildman–Crippen MR) is 103 cm³/mol. The van der Waals surface area contributed by atoms with Gasteiger partial charge in [-0.05, 0) is 30.7 Å². The molecule has 9 heteroatoms. The Kier molecular flexibility index (Phi) is 5.48. The van der Waals surface area contributed by atoms with E-state index in [9.17, 15) is 13.2 Å². The number of H-pyrrole nitrogens is 1. The van der Waals surface area contributed by atoms with E-state index in [2.05, 4.69) is 20.2 Å². The van der Waals surface area contributed by atoms with E-state index in [1.165, 1.54) is 6.20 Å². The van der Waals surface area contributed by atoms with Crippen LogP contribution in [0.25, 0.3) is 0 Å². The second-order valence-corrected chi connectivity index (χ2v) is 7.88. The zero-order chi connectivity index (χ0) is 19.4. The van der Waals surface area contributed by atoms with E-state index in [1.807, 2.05) is 6.92 Å². The minimum absolute atomic E-state index is 0.0818. The minimum atomic E-state index is -4.00. The largest absolute Gasteiger partial charge is 0.348 e. The number of hydrogen-bond donors (Lipinski definition) is 3. The van der Waals surface area contributed by atoms with Gasteiger partial charge in [-0.2, -0.15) is 13.5 Å². The maximum Gasteiger partial charge on any atom is 0.279 e. The Morgan fingerprint density at radius 1 is 1.15 bits per heavy atom. The summed E-state index contributed by atoms with van der Waals surface area (Å²) in [6.07, 6.45) is 1.17. The SMILES string of the molecule is Cc1ccc(NS(=O)(=O)c2[nH]ncc2C(=O)NCc2ccccc2Cl)cc1. The van der Waals surface area contributed by atoms with Crippen LogP contribution in [0.4, 0.5) is 5.69 Å². The Hall–Kier alpha value is -2.84. The molecule has 140 valence electrons. The van der Waals surface area contributed by atoms with Crippen molar-refractivity contribution < 1.29 is 13.2 Å². The summed E-state index contributed by atoms with van der Waals surface area (Å²) >= 11 is 6.06. The number of sulfonamides is 1. The van der Waals surface area contributed by atoms with Gasteiger partial charge < -0.3 is 5.32 Å². The number of nitrogens with one attached hydrogen (secondary N) is 3. The molecule has 0 bridgehead atoms. The van der Waals surface area contributed by atoms with Gasteiger partial charge in [0.05, 0.1) is 11.8 Å². The van der Waals surface area contributed by atoms with E-state index in [0.29, 0.717) is 10.7 Å². The standard InChI is InChI=1S/C18H17ClN4O3S/c1-12-6-8-14(9-7-12)23-27(25,26)18-15(11-21-22-18)17(24)20-10-13-4-2-3-5-16(13)19/h2-9,11,23H,10H2,1H3,(H,20,24)(H,21,22). The molecular weight excluding hydrogens is 388 g/mol. The number of aryl methyl sites for hydroxylation is 1. The summed E-state index contributed by atoms with van der Waals surface area (Å²) in [7, 11) is -4.00. The number of anilines is 1. The van der Waals surface area contributed by atoms with Crippen LogP contribution < -0.4 is 10.0 Å². The molecule has 1 amide bonds. The zero-order valence-corrected chi connectivity index (χ0v) is 15.9. The fourth-order valence-electron chi connectivity index (χ4n) is 2.38. The van der Waals surface area contributed by atoms with Crippen molar-refractivity contribution in [1.29, 1.82) is 0 Å². The monoisotopic (exact) mass is 404 g/mol. The van der Waals surface area contributed by atoms with E-state index in [0.717, 1.165) is 11.1 Å². The van der Waals surface area contributed by atoms with Crippen molar-refractivity contribution in [3.8, 4) is 0 Å². The summed E-state index contributed by atoms with van der Waals surface area (Å²) in [5, 5.41) is 8.94. The van der Waals surface area contributed by atoms with E-state index < -0.39 is 15.9 Å². The van der Waals surface area contributed by atoms with E-state index in [4.69, 9.17) is 11.6 Å². The van der Waals surface area contributed by atoms with Crippen LogP contribution in [0.1, 0.15) is 21.5 Å². The zero-order valence-electron chi connectivity index (χ0n) is 14.4. The predicted octanol–water partition coefficient (Wildman–Crippen LogP) is 3.10. The van der Waals surface area contributed by atoms with Crippen molar-refractivity contribution in [1.82, 2.24) is 15.5 Å². The van der Waals surface area contributed by atoms with Crippen LogP contribution in [0, 0.1) is 6.92 Å². The Bertz CT molecular complexity index is 1060. The second kappa shape index (κ2) is 7.81. The molecule has 2 aromatic carbocycles. The first kappa shape index (κ1) is 18.9. The average Bonchev–Trinajstić information content (AvgIpc) is 3.13. The lowest BCUT2D eigenvalue weighted by Crippen LogP contribution is -2.25. The van der Waals surface area contributed by atoms with Crippen molar-refractivity contribution >= 4 is 33.2 Å². The van der Waals surface area contributed by atoms with Crippen LogP contribution in [-0.2, 0) is 16.6 Å². The van der Waals surface area contributed by atoms with E-state index in [-0.39, 0.29) is 17.1 Å². The van der Waals surface area contributed by atoms with Crippen molar-refractivity contribution in [2.75, 3.05) is 4.72 Å². The minimum Gasteiger partial charge on any atom is -0.348 e. The second-order valence-electron chi connectivity index (χ2n) is 5.86. The summed E-state index contributed by atoms with van der Waals surface area (Å²) < 4.78 is 27.7. The number of rotatable bonds is 6. The van der Waals surface area contributed by atoms with Gasteiger partial charge in [-0.3, -0.25) is 14.6 Å². The first-order valence-electron chi connectivity index (χ1n) is 8.01. The quantitative estimate of drug-likeness (QED) is 0.587. The first-order valence-corrected chi connectivity index (χ1v) is 9.87. The van der Waals surface area contributed by atoms with Crippen LogP contribution in [0.2, 0.25) is 5.02 Å². The highest BCUT2D eigenvalue weighted by Crippen LogP contribution is 2.19. The average molecular weight is 405 g/mol. The van der Waals surface area contributed by atoms with Gasteiger partial charge in [0.25, 0.3) is 15.9 Å². The molecule has 0 atom stereocenters. The molecular formula is C18H17ClN4O3S. The fourth-order valence-corrected chi connectivity index (χ4v) is 3.74. The molecule has 0 saturated carbocycles. The van der Waals surface area contributed by atoms with Gasteiger partial charge in [-0.15, -0.1) is 0 Å². The summed E-state index contributed by atoms with van der Waals surface area (Å²) in [5.41, 5.74) is 2.02. The molecule has 3 aromatic rings. The Morgan fingerprint density at radius 2 is 1.85 bits per heavy atom. The number of nitrogens with zero attached hydrogens (tertiary/aromatic N) is 1. The number of hydrogen-bond acceptors (Lipinski definition) is 4. The third-order valence-corrected chi connectivity index (χ3v) is 5.54. The highest BCUT2D eigenvalue weighted by atomic mass is 35.5. The molecule has 0 spiro atoms. The molecule has 7 nitrogen and oxygen atoms in total. The molecule has 3 rings (SSSR count). The van der Waals surface area contributed by atoms with Gasteiger partial charge in [0.1, 0.15) is 0 Å². The van der Waals surface area contributed by atoms with Gasteiger partial charge in [0, 0.05) is 17.3 Å². The fraction of sp³-hybridized carbons (Fsp3) is 0.111. The van der Waals surface area contributed by atoms with Crippen LogP contribution in [0.5, 0.6) is 0 Å². The molecule has 27 heavy (non-hydrogen) atoms. The Morgan fingerprint density at radius 3 is 2.56 bits per heavy atom. The number of aromatic amines is 1. The van der Waals surface area contributed by atoms with Crippen LogP contribution in [-0.4, -0.2) is 24.5 Å². The molecule has 3 N–H and O–H groups in total. The molecule has 0 aliphatic rings. The maximum atomic E-state index is 12.6. The molecule has 0 radical (unpaired) electrons. The number of amides is 1. The van der Waals surface area contributed by atoms with Crippen molar-refractivity contribution in [3.63, 3.8) is 0 Å². The third-order valence-electron chi connectivity index (χ3n) is 3.82. The topological polar surface area (TPSA) is 104 Å². The Labute approximate surface area is 161 Å². The summed E-state index contributed by atoms with van der Waals surface area (Å²) in [6.45, 7) is 2.06. The van der Waals surface area contributed by atoms with Gasteiger partial charge in [0.15, 0.2) is 5.03 Å². The van der Waals surface area contributed by atoms with Gasteiger partial charge in [-0.25, -0.2) is 0 Å². The highest BCUT2D eigenvalue weighted by Gasteiger charge is 2.25. The van der Waals surface area contributed by atoms with Crippen molar-refractivity contribution in [3.05, 3.63) is 76.4 Å².